The number of aryl methyl sites for hydroxylation is 2. The van der Waals surface area contributed by atoms with Crippen molar-refractivity contribution in [3.8, 4) is 28.2 Å². The molecule has 1 aliphatic heterocycles. The first-order valence-corrected chi connectivity index (χ1v) is 10.1. The van der Waals surface area contributed by atoms with Crippen molar-refractivity contribution in [1.82, 2.24) is 0 Å². The Labute approximate surface area is 182 Å². The second kappa shape index (κ2) is 7.85. The molecule has 0 atom stereocenters. The first-order valence-electron chi connectivity index (χ1n) is 10.1. The van der Waals surface area contributed by atoms with E-state index in [0.29, 0.717) is 46.0 Å². The topological polar surface area (TPSA) is 125 Å². The van der Waals surface area contributed by atoms with E-state index in [4.69, 9.17) is 4.42 Å². The van der Waals surface area contributed by atoms with Crippen molar-refractivity contribution in [3.63, 3.8) is 0 Å². The molecule has 3 N–H and O–H groups in total. The van der Waals surface area contributed by atoms with Crippen LogP contribution >= 0.6 is 0 Å². The van der Waals surface area contributed by atoms with Gasteiger partial charge in [0.05, 0.1) is 11.1 Å². The number of carboxylic acids is 2. The first-order chi connectivity index (χ1) is 15.2. The number of carbonyl (C=O) groups is 2. The maximum absolute atomic E-state index is 12.4. The van der Waals surface area contributed by atoms with Gasteiger partial charge in [-0.15, -0.1) is 0 Å². The summed E-state index contributed by atoms with van der Waals surface area (Å²) >= 11 is 0. The number of rotatable bonds is 5. The summed E-state index contributed by atoms with van der Waals surface area (Å²) in [5.41, 5.74) is 2.25. The van der Waals surface area contributed by atoms with E-state index < -0.39 is 11.9 Å². The Bertz CT molecular complexity index is 1430. The minimum atomic E-state index is -1.28. The van der Waals surface area contributed by atoms with Crippen molar-refractivity contribution < 1.29 is 29.3 Å². The predicted octanol–water partition coefficient (Wildman–Crippen LogP) is 4.79. The van der Waals surface area contributed by atoms with Gasteiger partial charge in [0.2, 0.25) is 0 Å². The highest BCUT2D eigenvalue weighted by Gasteiger charge is 2.24. The number of fused-ring (bicyclic) bond motifs is 2. The van der Waals surface area contributed by atoms with Crippen molar-refractivity contribution in [1.29, 1.82) is 0 Å². The van der Waals surface area contributed by atoms with Crippen LogP contribution in [0.3, 0.4) is 0 Å². The minimum absolute atomic E-state index is 0.0289. The molecule has 4 rings (SSSR count). The van der Waals surface area contributed by atoms with Gasteiger partial charge >= 0.3 is 11.9 Å². The summed E-state index contributed by atoms with van der Waals surface area (Å²) in [6.07, 6.45) is 1.01. The highest BCUT2D eigenvalue weighted by molar-refractivity contribution is 6.08. The van der Waals surface area contributed by atoms with Crippen LogP contribution in [0.25, 0.3) is 33.4 Å². The van der Waals surface area contributed by atoms with Gasteiger partial charge in [-0.3, -0.25) is 4.79 Å². The summed E-state index contributed by atoms with van der Waals surface area (Å²) in [5, 5.41) is 30.1. The normalized spacial score (nSPS) is 11.2. The molecular formula is C25H20O7. The Balaban J connectivity index is 2.23. The molecule has 2 aromatic rings. The van der Waals surface area contributed by atoms with E-state index in [1.54, 1.807) is 12.1 Å². The minimum Gasteiger partial charge on any atom is -0.508 e. The number of carboxylic acid groups (broad SMARTS) is 2. The van der Waals surface area contributed by atoms with E-state index in [0.717, 1.165) is 6.07 Å². The van der Waals surface area contributed by atoms with Crippen LogP contribution in [0, 0.1) is 0 Å². The zero-order valence-corrected chi connectivity index (χ0v) is 17.4. The Morgan fingerprint density at radius 3 is 2.22 bits per heavy atom. The molecule has 0 radical (unpaired) electrons. The summed E-state index contributed by atoms with van der Waals surface area (Å²) in [7, 11) is 0. The zero-order chi connectivity index (χ0) is 23.2. The van der Waals surface area contributed by atoms with Crippen molar-refractivity contribution in [2.24, 2.45) is 0 Å². The lowest BCUT2D eigenvalue weighted by atomic mass is 9.88. The van der Waals surface area contributed by atoms with Crippen molar-refractivity contribution in [2.45, 2.75) is 26.7 Å². The summed E-state index contributed by atoms with van der Waals surface area (Å²) in [6.45, 7) is 3.72. The lowest BCUT2D eigenvalue weighted by molar-refractivity contribution is 0.0696. The second-order valence-corrected chi connectivity index (χ2v) is 7.49. The van der Waals surface area contributed by atoms with Gasteiger partial charge in [0.15, 0.2) is 5.43 Å². The molecule has 0 unspecified atom stereocenters. The van der Waals surface area contributed by atoms with E-state index in [2.05, 4.69) is 0 Å². The molecule has 0 spiro atoms. The molecule has 2 aliphatic rings. The Kier molecular flexibility index (Phi) is 5.18. The largest absolute Gasteiger partial charge is 0.508 e. The van der Waals surface area contributed by atoms with E-state index >= 15 is 0 Å². The van der Waals surface area contributed by atoms with Crippen LogP contribution in [0.1, 0.15) is 45.7 Å². The van der Waals surface area contributed by atoms with E-state index in [-0.39, 0.29) is 33.6 Å². The van der Waals surface area contributed by atoms with Crippen LogP contribution in [0.15, 0.2) is 51.7 Å². The van der Waals surface area contributed by atoms with Gasteiger partial charge in [0.25, 0.3) is 0 Å². The standard InChI is InChI=1S/C25H20O7/c1-3-12-7-17-21(10-19(12)26)32-22-11-20(27)13(4-2)8-18(22)23(17)15-6-5-14(24(28)29)9-16(15)25(30)31/h5-11,26H,3-4H2,1-2H3,(H,28,29)(H,30,31). The molecule has 7 nitrogen and oxygen atoms in total. The van der Waals surface area contributed by atoms with Gasteiger partial charge in [-0.05, 0) is 48.2 Å². The van der Waals surface area contributed by atoms with Crippen LogP contribution in [-0.4, -0.2) is 27.3 Å². The van der Waals surface area contributed by atoms with Crippen molar-refractivity contribution >= 4 is 22.9 Å². The highest BCUT2D eigenvalue weighted by atomic mass is 16.4. The molecule has 162 valence electrons. The number of benzene rings is 3. The van der Waals surface area contributed by atoms with Gasteiger partial charge in [-0.1, -0.05) is 19.9 Å². The molecule has 0 aromatic heterocycles. The third-order valence-corrected chi connectivity index (χ3v) is 5.63. The van der Waals surface area contributed by atoms with E-state index in [1.807, 2.05) is 13.8 Å². The van der Waals surface area contributed by atoms with Gasteiger partial charge in [-0.25, -0.2) is 9.59 Å². The number of aromatic carboxylic acids is 2. The molecule has 32 heavy (non-hydrogen) atoms. The third-order valence-electron chi connectivity index (χ3n) is 5.63. The molecular weight excluding hydrogens is 412 g/mol. The van der Waals surface area contributed by atoms with Crippen molar-refractivity contribution in [2.75, 3.05) is 0 Å². The second-order valence-electron chi connectivity index (χ2n) is 7.49. The number of phenolic OH excluding ortho intramolecular Hbond substituents is 1. The third kappa shape index (κ3) is 3.37. The fourth-order valence-electron chi connectivity index (χ4n) is 3.96. The lowest BCUT2D eigenvalue weighted by Crippen LogP contribution is -2.09. The Morgan fingerprint density at radius 1 is 0.875 bits per heavy atom. The predicted molar refractivity (Wildman–Crippen MR) is 119 cm³/mol. The van der Waals surface area contributed by atoms with Crippen LogP contribution < -0.4 is 5.43 Å². The smallest absolute Gasteiger partial charge is 0.336 e. The molecule has 0 saturated heterocycles. The summed E-state index contributed by atoms with van der Waals surface area (Å²) in [5.74, 6) is -2.24. The van der Waals surface area contributed by atoms with Crippen LogP contribution in [0.2, 0.25) is 0 Å². The maximum Gasteiger partial charge on any atom is 0.336 e. The van der Waals surface area contributed by atoms with Crippen molar-refractivity contribution in [3.05, 3.63) is 74.9 Å². The van der Waals surface area contributed by atoms with E-state index in [1.165, 1.54) is 24.3 Å². The highest BCUT2D eigenvalue weighted by Crippen LogP contribution is 2.43. The zero-order valence-electron chi connectivity index (χ0n) is 17.4. The lowest BCUT2D eigenvalue weighted by Gasteiger charge is -2.18. The Hall–Kier alpha value is -4.13. The maximum atomic E-state index is 12.4. The van der Waals surface area contributed by atoms with Gasteiger partial charge in [-0.2, -0.15) is 0 Å². The fraction of sp³-hybridized carbons (Fsp3) is 0.160. The van der Waals surface area contributed by atoms with E-state index in [9.17, 15) is 29.7 Å². The average molecular weight is 432 g/mol. The van der Waals surface area contributed by atoms with Crippen LogP contribution in [0.5, 0.6) is 5.75 Å². The van der Waals surface area contributed by atoms with Gasteiger partial charge in [0, 0.05) is 34.2 Å². The van der Waals surface area contributed by atoms with Gasteiger partial charge in [0.1, 0.15) is 17.1 Å². The van der Waals surface area contributed by atoms with Crippen LogP contribution in [-0.2, 0) is 12.8 Å². The monoisotopic (exact) mass is 432 g/mol. The molecule has 7 heteroatoms. The quantitative estimate of drug-likeness (QED) is 0.387. The molecule has 1 heterocycles. The average Bonchev–Trinajstić information content (AvgIpc) is 2.76. The molecule has 0 amide bonds. The fourth-order valence-corrected chi connectivity index (χ4v) is 3.96. The van der Waals surface area contributed by atoms with Crippen LogP contribution in [0.4, 0.5) is 0 Å². The van der Waals surface area contributed by atoms with Gasteiger partial charge < -0.3 is 19.7 Å². The Morgan fingerprint density at radius 2 is 1.59 bits per heavy atom. The first kappa shape index (κ1) is 21.1. The summed E-state index contributed by atoms with van der Waals surface area (Å²) < 4.78 is 5.93. The SMILES string of the molecule is CCc1cc2c(-c3ccc(C(=O)O)cc3C(=O)O)c3cc(CC)c(=O)cc-3oc2cc1O. The number of aromatic hydroxyl groups is 1. The molecule has 0 saturated carbocycles. The number of hydrogen-bond donors (Lipinski definition) is 3. The summed E-state index contributed by atoms with van der Waals surface area (Å²) in [6, 6.07) is 10.1. The number of hydrogen-bond acceptors (Lipinski definition) is 5. The number of phenols is 1. The molecule has 1 aliphatic carbocycles. The molecule has 0 fully saturated rings. The molecule has 0 bridgehead atoms. The summed E-state index contributed by atoms with van der Waals surface area (Å²) in [4.78, 5) is 36.0. The molecule has 2 aromatic carbocycles.